The molecular weight excluding hydrogens is 350 g/mol. The third kappa shape index (κ3) is 4.70. The minimum absolute atomic E-state index is 0.109. The van der Waals surface area contributed by atoms with Crippen molar-refractivity contribution in [3.63, 3.8) is 0 Å². The third-order valence-corrected chi connectivity index (χ3v) is 5.19. The Hall–Kier alpha value is -1.60. The van der Waals surface area contributed by atoms with E-state index in [1.54, 1.807) is 36.4 Å². The lowest BCUT2D eigenvalue weighted by Crippen LogP contribution is -2.38. The normalized spacial score (nSPS) is 14.2. The van der Waals surface area contributed by atoms with Crippen molar-refractivity contribution in [3.8, 4) is 5.75 Å². The first-order chi connectivity index (χ1) is 11.2. The molecule has 2 N–H and O–H groups in total. The molecule has 0 aromatic heterocycles. The van der Waals surface area contributed by atoms with Gasteiger partial charge < -0.3 is 9.84 Å². The summed E-state index contributed by atoms with van der Waals surface area (Å²) < 4.78 is 32.4. The standard InChI is InChI=1S/C17H20ClNO4S/c1-3-23-15-8-10-16(11-9-15)24(21,22)19-12-17(2,20)13-4-6-14(18)7-5-13/h4-11,19-20H,3,12H2,1-2H3. The monoisotopic (exact) mass is 369 g/mol. The van der Waals surface area contributed by atoms with E-state index in [9.17, 15) is 13.5 Å². The van der Waals surface area contributed by atoms with Gasteiger partial charge in [-0.15, -0.1) is 0 Å². The predicted molar refractivity (Wildman–Crippen MR) is 93.8 cm³/mol. The summed E-state index contributed by atoms with van der Waals surface area (Å²) in [6.07, 6.45) is 0. The van der Waals surface area contributed by atoms with E-state index in [2.05, 4.69) is 4.72 Å². The van der Waals surface area contributed by atoms with Crippen molar-refractivity contribution in [3.05, 3.63) is 59.1 Å². The Balaban J connectivity index is 2.09. The molecule has 0 aliphatic heterocycles. The van der Waals surface area contributed by atoms with E-state index in [-0.39, 0.29) is 11.4 Å². The van der Waals surface area contributed by atoms with Gasteiger partial charge in [0, 0.05) is 11.6 Å². The number of hydrogen-bond donors (Lipinski definition) is 2. The van der Waals surface area contributed by atoms with Gasteiger partial charge in [0.2, 0.25) is 10.0 Å². The number of aliphatic hydroxyl groups is 1. The highest BCUT2D eigenvalue weighted by molar-refractivity contribution is 7.89. The molecule has 1 unspecified atom stereocenters. The van der Waals surface area contributed by atoms with Gasteiger partial charge in [-0.25, -0.2) is 13.1 Å². The SMILES string of the molecule is CCOc1ccc(S(=O)(=O)NCC(C)(O)c2ccc(Cl)cc2)cc1. The highest BCUT2D eigenvalue weighted by Crippen LogP contribution is 2.23. The molecule has 2 aromatic rings. The van der Waals surface area contributed by atoms with E-state index in [0.29, 0.717) is 22.9 Å². The Bertz CT molecular complexity index is 771. The second kappa shape index (κ2) is 7.53. The molecule has 0 aliphatic rings. The fraction of sp³-hybridized carbons (Fsp3) is 0.294. The molecule has 24 heavy (non-hydrogen) atoms. The second-order valence-electron chi connectivity index (χ2n) is 5.51. The largest absolute Gasteiger partial charge is 0.494 e. The van der Waals surface area contributed by atoms with Crippen LogP contribution in [0.2, 0.25) is 5.02 Å². The number of nitrogens with one attached hydrogen (secondary N) is 1. The maximum atomic E-state index is 12.3. The molecule has 0 aliphatic carbocycles. The number of halogens is 1. The summed E-state index contributed by atoms with van der Waals surface area (Å²) in [5.74, 6) is 0.601. The molecule has 0 saturated carbocycles. The Morgan fingerprint density at radius 1 is 1.12 bits per heavy atom. The smallest absolute Gasteiger partial charge is 0.240 e. The number of benzene rings is 2. The zero-order valence-electron chi connectivity index (χ0n) is 13.5. The van der Waals surface area contributed by atoms with Gasteiger partial charge in [-0.05, 0) is 55.8 Å². The molecule has 2 rings (SSSR count). The maximum absolute atomic E-state index is 12.3. The van der Waals surface area contributed by atoms with Gasteiger partial charge in [0.25, 0.3) is 0 Å². The average molecular weight is 370 g/mol. The van der Waals surface area contributed by atoms with Crippen LogP contribution < -0.4 is 9.46 Å². The Morgan fingerprint density at radius 2 is 1.71 bits per heavy atom. The Labute approximate surface area is 147 Å². The van der Waals surface area contributed by atoms with Crippen LogP contribution in [0.25, 0.3) is 0 Å². The Morgan fingerprint density at radius 3 is 2.25 bits per heavy atom. The van der Waals surface area contributed by atoms with Gasteiger partial charge in [0.15, 0.2) is 0 Å². The predicted octanol–water partition coefficient (Wildman–Crippen LogP) is 2.92. The number of sulfonamides is 1. The summed E-state index contributed by atoms with van der Waals surface area (Å²) in [6.45, 7) is 3.74. The van der Waals surface area contributed by atoms with Crippen molar-refractivity contribution in [1.29, 1.82) is 0 Å². The van der Waals surface area contributed by atoms with Crippen LogP contribution in [-0.4, -0.2) is 26.7 Å². The fourth-order valence-corrected chi connectivity index (χ4v) is 3.37. The van der Waals surface area contributed by atoms with E-state index in [1.807, 2.05) is 6.92 Å². The van der Waals surface area contributed by atoms with Crippen molar-refractivity contribution < 1.29 is 18.3 Å². The van der Waals surface area contributed by atoms with Gasteiger partial charge in [-0.3, -0.25) is 0 Å². The lowest BCUT2D eigenvalue weighted by atomic mass is 9.97. The molecule has 0 bridgehead atoms. The van der Waals surface area contributed by atoms with Crippen molar-refractivity contribution >= 4 is 21.6 Å². The van der Waals surface area contributed by atoms with Gasteiger partial charge in [0.05, 0.1) is 11.5 Å². The summed E-state index contributed by atoms with van der Waals surface area (Å²) in [6, 6.07) is 12.7. The Kier molecular flexibility index (Phi) is 5.87. The van der Waals surface area contributed by atoms with E-state index in [4.69, 9.17) is 16.3 Å². The first kappa shape index (κ1) is 18.7. The number of ether oxygens (including phenoxy) is 1. The summed E-state index contributed by atoms with van der Waals surface area (Å²) >= 11 is 5.82. The van der Waals surface area contributed by atoms with E-state index in [0.717, 1.165) is 0 Å². The number of hydrogen-bond acceptors (Lipinski definition) is 4. The van der Waals surface area contributed by atoms with E-state index in [1.165, 1.54) is 19.1 Å². The molecule has 2 aromatic carbocycles. The van der Waals surface area contributed by atoms with Crippen molar-refractivity contribution in [2.24, 2.45) is 0 Å². The minimum Gasteiger partial charge on any atom is -0.494 e. The van der Waals surface area contributed by atoms with Crippen LogP contribution in [0.5, 0.6) is 5.75 Å². The molecular formula is C17H20ClNO4S. The highest BCUT2D eigenvalue weighted by Gasteiger charge is 2.26. The van der Waals surface area contributed by atoms with Crippen LogP contribution in [-0.2, 0) is 15.6 Å². The molecule has 0 heterocycles. The van der Waals surface area contributed by atoms with Crippen LogP contribution in [0.15, 0.2) is 53.4 Å². The molecule has 0 saturated heterocycles. The quantitative estimate of drug-likeness (QED) is 0.786. The summed E-state index contributed by atoms with van der Waals surface area (Å²) in [7, 11) is -3.73. The first-order valence-electron chi connectivity index (χ1n) is 7.45. The summed E-state index contributed by atoms with van der Waals surface area (Å²) in [4.78, 5) is 0.109. The molecule has 0 radical (unpaired) electrons. The first-order valence-corrected chi connectivity index (χ1v) is 9.32. The molecule has 7 heteroatoms. The molecule has 0 spiro atoms. The van der Waals surface area contributed by atoms with Crippen molar-refractivity contribution in [2.75, 3.05) is 13.2 Å². The van der Waals surface area contributed by atoms with Crippen molar-refractivity contribution in [1.82, 2.24) is 4.72 Å². The fourth-order valence-electron chi connectivity index (χ4n) is 2.11. The third-order valence-electron chi connectivity index (χ3n) is 3.52. The summed E-state index contributed by atoms with van der Waals surface area (Å²) in [5.41, 5.74) is -0.788. The lowest BCUT2D eigenvalue weighted by Gasteiger charge is -2.24. The molecule has 1 atom stereocenters. The second-order valence-corrected chi connectivity index (χ2v) is 7.71. The summed E-state index contributed by atoms with van der Waals surface area (Å²) in [5, 5.41) is 11.1. The van der Waals surface area contributed by atoms with Crippen molar-refractivity contribution in [2.45, 2.75) is 24.3 Å². The van der Waals surface area contributed by atoms with Crippen LogP contribution in [0.3, 0.4) is 0 Å². The zero-order valence-corrected chi connectivity index (χ0v) is 15.1. The van der Waals surface area contributed by atoms with Gasteiger partial charge in [0.1, 0.15) is 11.4 Å². The van der Waals surface area contributed by atoms with Crippen LogP contribution >= 0.6 is 11.6 Å². The van der Waals surface area contributed by atoms with E-state index < -0.39 is 15.6 Å². The van der Waals surface area contributed by atoms with Crippen LogP contribution in [0, 0.1) is 0 Å². The zero-order chi connectivity index (χ0) is 17.8. The van der Waals surface area contributed by atoms with Crippen LogP contribution in [0.4, 0.5) is 0 Å². The van der Waals surface area contributed by atoms with Crippen LogP contribution in [0.1, 0.15) is 19.4 Å². The molecule has 0 fully saturated rings. The van der Waals surface area contributed by atoms with Gasteiger partial charge in [-0.1, -0.05) is 23.7 Å². The molecule has 130 valence electrons. The average Bonchev–Trinajstić information content (AvgIpc) is 2.55. The highest BCUT2D eigenvalue weighted by atomic mass is 35.5. The maximum Gasteiger partial charge on any atom is 0.240 e. The topological polar surface area (TPSA) is 75.6 Å². The van der Waals surface area contributed by atoms with E-state index >= 15 is 0 Å². The van der Waals surface area contributed by atoms with Gasteiger partial charge >= 0.3 is 0 Å². The molecule has 5 nitrogen and oxygen atoms in total. The lowest BCUT2D eigenvalue weighted by molar-refractivity contribution is 0.0627. The molecule has 0 amide bonds. The minimum atomic E-state index is -3.73. The van der Waals surface area contributed by atoms with Gasteiger partial charge in [-0.2, -0.15) is 0 Å². The number of rotatable bonds is 7.